The highest BCUT2D eigenvalue weighted by molar-refractivity contribution is 6.32. The van der Waals surface area contributed by atoms with E-state index in [-0.39, 0.29) is 11.4 Å². The van der Waals surface area contributed by atoms with Crippen molar-refractivity contribution in [2.24, 2.45) is 0 Å². The zero-order chi connectivity index (χ0) is 12.4. The SMILES string of the molecule is N#Cc1cc(F)cc(Cn2cc(Cl)c(N)n2)c1. The van der Waals surface area contributed by atoms with Crippen molar-refractivity contribution in [3.63, 3.8) is 0 Å². The summed E-state index contributed by atoms with van der Waals surface area (Å²) < 4.78 is 14.7. The van der Waals surface area contributed by atoms with E-state index in [1.165, 1.54) is 16.8 Å². The van der Waals surface area contributed by atoms with E-state index in [2.05, 4.69) is 5.10 Å². The van der Waals surface area contributed by atoms with E-state index < -0.39 is 5.82 Å². The van der Waals surface area contributed by atoms with Gasteiger partial charge in [0.2, 0.25) is 0 Å². The Morgan fingerprint density at radius 3 is 2.82 bits per heavy atom. The van der Waals surface area contributed by atoms with Crippen LogP contribution in [-0.4, -0.2) is 9.78 Å². The molecule has 0 radical (unpaired) electrons. The molecule has 0 spiro atoms. The molecule has 6 heteroatoms. The van der Waals surface area contributed by atoms with Crippen molar-refractivity contribution in [2.45, 2.75) is 6.54 Å². The summed E-state index contributed by atoms with van der Waals surface area (Å²) in [6, 6.07) is 6.00. The number of benzene rings is 1. The fourth-order valence-electron chi connectivity index (χ4n) is 1.49. The Hall–Kier alpha value is -2.06. The molecule has 17 heavy (non-hydrogen) atoms. The number of nitrogen functional groups attached to an aromatic ring is 1. The van der Waals surface area contributed by atoms with Crippen LogP contribution in [0.5, 0.6) is 0 Å². The molecule has 86 valence electrons. The van der Waals surface area contributed by atoms with E-state index in [9.17, 15) is 4.39 Å². The highest BCUT2D eigenvalue weighted by Crippen LogP contribution is 2.17. The summed E-state index contributed by atoms with van der Waals surface area (Å²) in [6.45, 7) is 0.309. The minimum Gasteiger partial charge on any atom is -0.381 e. The molecular formula is C11H8ClFN4. The quantitative estimate of drug-likeness (QED) is 0.888. The van der Waals surface area contributed by atoms with Gasteiger partial charge in [0.25, 0.3) is 0 Å². The number of hydrogen-bond acceptors (Lipinski definition) is 3. The average Bonchev–Trinajstić information content (AvgIpc) is 2.57. The highest BCUT2D eigenvalue weighted by Gasteiger charge is 2.05. The van der Waals surface area contributed by atoms with Crippen molar-refractivity contribution in [3.05, 3.63) is 46.4 Å². The molecule has 0 aliphatic rings. The first kappa shape index (κ1) is 11.4. The lowest BCUT2D eigenvalue weighted by Crippen LogP contribution is -2.02. The van der Waals surface area contributed by atoms with Crippen molar-refractivity contribution in [2.75, 3.05) is 5.73 Å². The van der Waals surface area contributed by atoms with Gasteiger partial charge in [-0.25, -0.2) is 4.39 Å². The maximum Gasteiger partial charge on any atom is 0.164 e. The molecule has 4 nitrogen and oxygen atoms in total. The molecule has 2 N–H and O–H groups in total. The van der Waals surface area contributed by atoms with Gasteiger partial charge in [-0.2, -0.15) is 10.4 Å². The minimum absolute atomic E-state index is 0.226. The van der Waals surface area contributed by atoms with Gasteiger partial charge in [0, 0.05) is 6.20 Å². The van der Waals surface area contributed by atoms with Crippen molar-refractivity contribution in [1.82, 2.24) is 9.78 Å². The molecule has 0 amide bonds. The molecule has 1 aromatic heterocycles. The maximum atomic E-state index is 13.2. The first-order chi connectivity index (χ1) is 8.08. The van der Waals surface area contributed by atoms with Gasteiger partial charge in [-0.1, -0.05) is 11.6 Å². The van der Waals surface area contributed by atoms with E-state index in [0.29, 0.717) is 17.1 Å². The Bertz CT molecular complexity index is 581. The van der Waals surface area contributed by atoms with Gasteiger partial charge in [0.15, 0.2) is 5.82 Å². The van der Waals surface area contributed by atoms with E-state index in [0.717, 1.165) is 0 Å². The van der Waals surface area contributed by atoms with Crippen LogP contribution < -0.4 is 5.73 Å². The molecule has 0 atom stereocenters. The second kappa shape index (κ2) is 4.44. The first-order valence-electron chi connectivity index (χ1n) is 4.76. The van der Waals surface area contributed by atoms with Gasteiger partial charge in [0.05, 0.1) is 18.2 Å². The van der Waals surface area contributed by atoms with Crippen LogP contribution in [0, 0.1) is 17.1 Å². The molecule has 0 unspecified atom stereocenters. The number of aromatic nitrogens is 2. The van der Waals surface area contributed by atoms with Crippen LogP contribution in [0.1, 0.15) is 11.1 Å². The fraction of sp³-hybridized carbons (Fsp3) is 0.0909. The van der Waals surface area contributed by atoms with Gasteiger partial charge >= 0.3 is 0 Å². The predicted molar refractivity (Wildman–Crippen MR) is 61.9 cm³/mol. The molecule has 2 rings (SSSR count). The van der Waals surface area contributed by atoms with Crippen LogP contribution in [0.2, 0.25) is 5.02 Å². The number of halogens is 2. The lowest BCUT2D eigenvalue weighted by molar-refractivity contribution is 0.619. The largest absolute Gasteiger partial charge is 0.381 e. The maximum absolute atomic E-state index is 13.2. The van der Waals surface area contributed by atoms with Crippen molar-refractivity contribution >= 4 is 17.4 Å². The Morgan fingerprint density at radius 2 is 2.24 bits per heavy atom. The van der Waals surface area contributed by atoms with Crippen LogP contribution in [0.4, 0.5) is 10.2 Å². The zero-order valence-electron chi connectivity index (χ0n) is 8.69. The molecule has 1 heterocycles. The lowest BCUT2D eigenvalue weighted by atomic mass is 10.1. The van der Waals surface area contributed by atoms with Crippen LogP contribution >= 0.6 is 11.6 Å². The van der Waals surface area contributed by atoms with Gasteiger partial charge in [0.1, 0.15) is 10.8 Å². The molecule has 0 fully saturated rings. The molecular weight excluding hydrogens is 243 g/mol. The standard InChI is InChI=1S/C11H8ClFN4/c12-10-6-17(16-11(10)15)5-8-1-7(4-14)2-9(13)3-8/h1-3,6H,5H2,(H2,15,16). The van der Waals surface area contributed by atoms with Crippen LogP contribution in [0.15, 0.2) is 24.4 Å². The molecule has 1 aromatic carbocycles. The second-order valence-electron chi connectivity index (χ2n) is 3.52. The number of rotatable bonds is 2. The fourth-order valence-corrected chi connectivity index (χ4v) is 1.64. The number of nitriles is 1. The van der Waals surface area contributed by atoms with Gasteiger partial charge in [-0.3, -0.25) is 4.68 Å². The summed E-state index contributed by atoms with van der Waals surface area (Å²) >= 11 is 5.75. The Kier molecular flexibility index (Phi) is 2.98. The number of hydrogen-bond donors (Lipinski definition) is 1. The van der Waals surface area contributed by atoms with Crippen molar-refractivity contribution < 1.29 is 4.39 Å². The summed E-state index contributed by atoms with van der Waals surface area (Å²) in [7, 11) is 0. The third-order valence-electron chi connectivity index (χ3n) is 2.17. The number of anilines is 1. The smallest absolute Gasteiger partial charge is 0.164 e. The summed E-state index contributed by atoms with van der Waals surface area (Å²) in [5.74, 6) is -0.228. The Morgan fingerprint density at radius 1 is 1.47 bits per heavy atom. The zero-order valence-corrected chi connectivity index (χ0v) is 9.45. The van der Waals surface area contributed by atoms with Gasteiger partial charge in [-0.15, -0.1) is 0 Å². The van der Waals surface area contributed by atoms with E-state index in [4.69, 9.17) is 22.6 Å². The molecule has 0 bridgehead atoms. The number of nitrogens with two attached hydrogens (primary N) is 1. The Labute approximate surface area is 102 Å². The third-order valence-corrected chi connectivity index (χ3v) is 2.47. The molecule has 0 aliphatic heterocycles. The second-order valence-corrected chi connectivity index (χ2v) is 3.93. The third kappa shape index (κ3) is 2.55. The van der Waals surface area contributed by atoms with Gasteiger partial charge in [-0.05, 0) is 23.8 Å². The van der Waals surface area contributed by atoms with Crippen LogP contribution in [-0.2, 0) is 6.54 Å². The summed E-state index contributed by atoms with van der Waals surface area (Å²) in [4.78, 5) is 0. The number of nitrogens with zero attached hydrogens (tertiary/aromatic N) is 3. The van der Waals surface area contributed by atoms with E-state index in [1.807, 2.05) is 6.07 Å². The van der Waals surface area contributed by atoms with E-state index in [1.54, 1.807) is 12.3 Å². The van der Waals surface area contributed by atoms with Crippen molar-refractivity contribution in [3.8, 4) is 6.07 Å². The Balaban J connectivity index is 2.30. The first-order valence-corrected chi connectivity index (χ1v) is 5.14. The van der Waals surface area contributed by atoms with Crippen molar-refractivity contribution in [1.29, 1.82) is 5.26 Å². The summed E-state index contributed by atoms with van der Waals surface area (Å²) in [5, 5.41) is 13.0. The highest BCUT2D eigenvalue weighted by atomic mass is 35.5. The summed E-state index contributed by atoms with van der Waals surface area (Å²) in [6.07, 6.45) is 1.55. The molecule has 2 aromatic rings. The van der Waals surface area contributed by atoms with Gasteiger partial charge < -0.3 is 5.73 Å². The summed E-state index contributed by atoms with van der Waals surface area (Å²) in [5.41, 5.74) is 6.39. The normalized spacial score (nSPS) is 10.2. The predicted octanol–water partition coefficient (Wildman–Crippen LogP) is 2.18. The van der Waals surface area contributed by atoms with Crippen LogP contribution in [0.25, 0.3) is 0 Å². The molecule has 0 aliphatic carbocycles. The minimum atomic E-state index is -0.453. The average molecular weight is 251 g/mol. The lowest BCUT2D eigenvalue weighted by Gasteiger charge is -2.02. The monoisotopic (exact) mass is 250 g/mol. The topological polar surface area (TPSA) is 67.6 Å². The van der Waals surface area contributed by atoms with E-state index >= 15 is 0 Å². The molecule has 0 saturated heterocycles. The molecule has 0 saturated carbocycles. The van der Waals surface area contributed by atoms with Crippen LogP contribution in [0.3, 0.4) is 0 Å².